The fraction of sp³-hybridized carbons (Fsp3) is 0.167. The largest absolute Gasteiger partial charge is 0.481 e. The van der Waals surface area contributed by atoms with Crippen molar-refractivity contribution >= 4 is 11.9 Å². The summed E-state index contributed by atoms with van der Waals surface area (Å²) in [5.74, 6) is -1.28. The Morgan fingerprint density at radius 1 is 1.39 bits per heavy atom. The molecule has 0 fully saturated rings. The monoisotopic (exact) mass is 252 g/mol. The number of imide groups is 1. The molecule has 0 spiro atoms. The number of benzene rings is 1. The van der Waals surface area contributed by atoms with Crippen molar-refractivity contribution in [1.29, 1.82) is 0 Å². The number of hydrogen-bond acceptors (Lipinski definition) is 3. The zero-order chi connectivity index (χ0) is 13.4. The van der Waals surface area contributed by atoms with Crippen LogP contribution in [0.25, 0.3) is 0 Å². The first-order chi connectivity index (χ1) is 8.63. The summed E-state index contributed by atoms with van der Waals surface area (Å²) < 4.78 is 18.0. The molecule has 0 aromatic heterocycles. The first-order valence-electron chi connectivity index (χ1n) is 5.19. The molecule has 0 aliphatic heterocycles. The molecule has 0 unspecified atom stereocenters. The molecule has 0 aliphatic rings. The number of carbonyl (C=O) groups excluding carboxylic acids is 2. The highest BCUT2D eigenvalue weighted by Gasteiger charge is 2.09. The molecule has 0 aliphatic carbocycles. The van der Waals surface area contributed by atoms with Crippen LogP contribution in [0.3, 0.4) is 0 Å². The average molecular weight is 252 g/mol. The summed E-state index contributed by atoms with van der Waals surface area (Å²) in [4.78, 5) is 22.3. The van der Waals surface area contributed by atoms with Crippen molar-refractivity contribution in [3.05, 3.63) is 42.7 Å². The van der Waals surface area contributed by atoms with Gasteiger partial charge in [0.1, 0.15) is 0 Å². The topological polar surface area (TPSA) is 67.4 Å². The predicted octanol–water partition coefficient (Wildman–Crippen LogP) is 1.22. The number of ether oxygens (including phenoxy) is 1. The highest BCUT2D eigenvalue weighted by atomic mass is 19.1. The number of nitrogens with one attached hydrogen (secondary N) is 2. The molecule has 0 heterocycles. The Labute approximate surface area is 104 Å². The van der Waals surface area contributed by atoms with E-state index in [1.807, 2.05) is 5.32 Å². The predicted molar refractivity (Wildman–Crippen MR) is 63.6 cm³/mol. The van der Waals surface area contributed by atoms with E-state index in [1.165, 1.54) is 24.3 Å². The molecular weight excluding hydrogens is 239 g/mol. The molecule has 0 saturated carbocycles. The van der Waals surface area contributed by atoms with E-state index in [9.17, 15) is 14.0 Å². The summed E-state index contributed by atoms with van der Waals surface area (Å²) >= 11 is 0. The lowest BCUT2D eigenvalue weighted by molar-refractivity contribution is -0.122. The second-order valence-electron chi connectivity index (χ2n) is 3.27. The Bertz CT molecular complexity index is 449. The van der Waals surface area contributed by atoms with Crippen molar-refractivity contribution in [2.45, 2.75) is 0 Å². The van der Waals surface area contributed by atoms with E-state index in [0.717, 1.165) is 0 Å². The Hall–Kier alpha value is -2.37. The third-order valence-corrected chi connectivity index (χ3v) is 1.86. The maximum atomic E-state index is 13.1. The van der Waals surface area contributed by atoms with Gasteiger partial charge in [0, 0.05) is 6.54 Å². The van der Waals surface area contributed by atoms with Crippen LogP contribution in [0, 0.1) is 5.82 Å². The molecule has 2 N–H and O–H groups in total. The SMILES string of the molecule is C=CCNC(=O)NC(=O)COc1ccccc1F. The smallest absolute Gasteiger partial charge is 0.321 e. The molecule has 3 amide bonds. The average Bonchev–Trinajstić information content (AvgIpc) is 2.35. The highest BCUT2D eigenvalue weighted by Crippen LogP contribution is 2.14. The number of halogens is 1. The molecule has 6 heteroatoms. The minimum absolute atomic E-state index is 0.0425. The van der Waals surface area contributed by atoms with Crippen LogP contribution in [-0.2, 0) is 4.79 Å². The summed E-state index contributed by atoms with van der Waals surface area (Å²) in [5, 5.41) is 4.37. The summed E-state index contributed by atoms with van der Waals surface area (Å²) in [5.41, 5.74) is 0. The third-order valence-electron chi connectivity index (χ3n) is 1.86. The van der Waals surface area contributed by atoms with E-state index < -0.39 is 24.4 Å². The van der Waals surface area contributed by atoms with Gasteiger partial charge in [-0.1, -0.05) is 18.2 Å². The van der Waals surface area contributed by atoms with Crippen molar-refractivity contribution < 1.29 is 18.7 Å². The van der Waals surface area contributed by atoms with Crippen molar-refractivity contribution in [1.82, 2.24) is 10.6 Å². The van der Waals surface area contributed by atoms with Crippen LogP contribution in [0.2, 0.25) is 0 Å². The Balaban J connectivity index is 2.35. The summed E-state index contributed by atoms with van der Waals surface area (Å²) in [7, 11) is 0. The lowest BCUT2D eigenvalue weighted by Crippen LogP contribution is -2.41. The van der Waals surface area contributed by atoms with E-state index in [0.29, 0.717) is 0 Å². The standard InChI is InChI=1S/C12H13FN2O3/c1-2-7-14-12(17)15-11(16)8-18-10-6-4-3-5-9(10)13/h2-6H,1,7-8H2,(H2,14,15,16,17). The van der Waals surface area contributed by atoms with Gasteiger partial charge in [0.25, 0.3) is 5.91 Å². The van der Waals surface area contributed by atoms with Gasteiger partial charge in [-0.3, -0.25) is 10.1 Å². The van der Waals surface area contributed by atoms with Gasteiger partial charge >= 0.3 is 6.03 Å². The lowest BCUT2D eigenvalue weighted by atomic mass is 10.3. The number of rotatable bonds is 5. The number of carbonyl (C=O) groups is 2. The fourth-order valence-corrected chi connectivity index (χ4v) is 1.08. The zero-order valence-electron chi connectivity index (χ0n) is 9.61. The minimum atomic E-state index is -0.667. The molecule has 96 valence electrons. The van der Waals surface area contributed by atoms with E-state index in [4.69, 9.17) is 4.74 Å². The normalized spacial score (nSPS) is 9.39. The molecule has 0 radical (unpaired) electrons. The van der Waals surface area contributed by atoms with Crippen LogP contribution in [-0.4, -0.2) is 25.1 Å². The van der Waals surface area contributed by atoms with Gasteiger partial charge in [-0.2, -0.15) is 0 Å². The Morgan fingerprint density at radius 2 is 2.11 bits per heavy atom. The third kappa shape index (κ3) is 4.65. The van der Waals surface area contributed by atoms with Crippen LogP contribution in [0.15, 0.2) is 36.9 Å². The highest BCUT2D eigenvalue weighted by molar-refractivity contribution is 5.95. The summed E-state index contributed by atoms with van der Waals surface area (Å²) in [6.45, 7) is 3.21. The maximum absolute atomic E-state index is 13.1. The van der Waals surface area contributed by atoms with Crippen molar-refractivity contribution in [3.63, 3.8) is 0 Å². The second-order valence-corrected chi connectivity index (χ2v) is 3.27. The van der Waals surface area contributed by atoms with Gasteiger partial charge in [-0.25, -0.2) is 9.18 Å². The van der Waals surface area contributed by atoms with Crippen LogP contribution in [0.5, 0.6) is 5.75 Å². The maximum Gasteiger partial charge on any atom is 0.321 e. The Kier molecular flexibility index (Phi) is 5.37. The van der Waals surface area contributed by atoms with Gasteiger partial charge in [0.15, 0.2) is 18.2 Å². The van der Waals surface area contributed by atoms with Crippen LogP contribution >= 0.6 is 0 Å². The van der Waals surface area contributed by atoms with Gasteiger partial charge < -0.3 is 10.1 Å². The molecule has 0 saturated heterocycles. The summed E-state index contributed by atoms with van der Waals surface area (Å²) in [6.07, 6.45) is 1.47. The number of urea groups is 1. The second kappa shape index (κ2) is 7.05. The number of hydrogen-bond donors (Lipinski definition) is 2. The van der Waals surface area contributed by atoms with Gasteiger partial charge in [0.2, 0.25) is 0 Å². The van der Waals surface area contributed by atoms with Gasteiger partial charge in [0.05, 0.1) is 0 Å². The fourth-order valence-electron chi connectivity index (χ4n) is 1.08. The first kappa shape index (κ1) is 13.7. The van der Waals surface area contributed by atoms with Crippen molar-refractivity contribution in [2.24, 2.45) is 0 Å². The molecular formula is C12H13FN2O3. The summed E-state index contributed by atoms with van der Waals surface area (Å²) in [6, 6.07) is 5.03. The minimum Gasteiger partial charge on any atom is -0.481 e. The lowest BCUT2D eigenvalue weighted by Gasteiger charge is -2.07. The van der Waals surface area contributed by atoms with E-state index in [-0.39, 0.29) is 12.3 Å². The van der Waals surface area contributed by atoms with E-state index in [2.05, 4.69) is 11.9 Å². The molecule has 0 bridgehead atoms. The molecule has 0 atom stereocenters. The van der Waals surface area contributed by atoms with Crippen molar-refractivity contribution in [2.75, 3.05) is 13.2 Å². The van der Waals surface area contributed by atoms with Crippen LogP contribution in [0.4, 0.5) is 9.18 Å². The zero-order valence-corrected chi connectivity index (χ0v) is 9.61. The molecule has 1 aromatic carbocycles. The van der Waals surface area contributed by atoms with Gasteiger partial charge in [-0.05, 0) is 12.1 Å². The number of para-hydroxylation sites is 1. The molecule has 18 heavy (non-hydrogen) atoms. The van der Waals surface area contributed by atoms with Gasteiger partial charge in [-0.15, -0.1) is 6.58 Å². The van der Waals surface area contributed by atoms with Crippen LogP contribution < -0.4 is 15.4 Å². The first-order valence-corrected chi connectivity index (χ1v) is 5.19. The van der Waals surface area contributed by atoms with Crippen molar-refractivity contribution in [3.8, 4) is 5.75 Å². The number of amides is 3. The Morgan fingerprint density at radius 3 is 2.78 bits per heavy atom. The van der Waals surface area contributed by atoms with E-state index >= 15 is 0 Å². The van der Waals surface area contributed by atoms with Crippen LogP contribution in [0.1, 0.15) is 0 Å². The quantitative estimate of drug-likeness (QED) is 0.774. The molecule has 1 aromatic rings. The molecule has 5 nitrogen and oxygen atoms in total. The molecule has 1 rings (SSSR count). The van der Waals surface area contributed by atoms with E-state index in [1.54, 1.807) is 6.07 Å².